The molecule has 3 saturated heterocycles. The van der Waals surface area contributed by atoms with E-state index >= 15 is 0 Å². The number of aryl methyl sites for hydroxylation is 1. The van der Waals surface area contributed by atoms with E-state index in [1.807, 2.05) is 0 Å². The summed E-state index contributed by atoms with van der Waals surface area (Å²) in [5.74, 6) is 0.143. The number of furan rings is 1. The molecule has 4 heterocycles. The maximum Gasteiger partial charge on any atom is 0.257 e. The lowest BCUT2D eigenvalue weighted by Crippen LogP contribution is -2.51. The number of carbonyl (C=O) groups excluding carboxylic acids is 3. The van der Waals surface area contributed by atoms with E-state index < -0.39 is 0 Å². The number of amides is 3. The lowest BCUT2D eigenvalue weighted by atomic mass is 9.94. The molecular formula is C17H23N3O4. The summed E-state index contributed by atoms with van der Waals surface area (Å²) >= 11 is 0. The topological polar surface area (TPSA) is 74.1 Å². The molecule has 7 heteroatoms. The van der Waals surface area contributed by atoms with E-state index in [4.69, 9.17) is 4.42 Å². The van der Waals surface area contributed by atoms with Gasteiger partial charge in [0.1, 0.15) is 12.3 Å². The van der Waals surface area contributed by atoms with Crippen molar-refractivity contribution in [3.05, 3.63) is 23.7 Å². The van der Waals surface area contributed by atoms with Crippen molar-refractivity contribution in [2.45, 2.75) is 25.8 Å². The fourth-order valence-electron chi connectivity index (χ4n) is 3.48. The molecule has 2 atom stereocenters. The van der Waals surface area contributed by atoms with Gasteiger partial charge in [0.2, 0.25) is 11.8 Å². The summed E-state index contributed by atoms with van der Waals surface area (Å²) in [6.07, 6.45) is 3.10. The second-order valence-electron chi connectivity index (χ2n) is 6.78. The molecule has 0 aromatic carbocycles. The first-order chi connectivity index (χ1) is 11.4. The highest BCUT2D eigenvalue weighted by Gasteiger charge is 2.43. The van der Waals surface area contributed by atoms with E-state index in [1.54, 1.807) is 36.9 Å². The first-order valence-electron chi connectivity index (χ1n) is 8.22. The zero-order chi connectivity index (χ0) is 17.4. The van der Waals surface area contributed by atoms with Crippen LogP contribution in [-0.2, 0) is 9.59 Å². The molecule has 24 heavy (non-hydrogen) atoms. The van der Waals surface area contributed by atoms with E-state index in [-0.39, 0.29) is 36.2 Å². The smallest absolute Gasteiger partial charge is 0.257 e. The van der Waals surface area contributed by atoms with Crippen molar-refractivity contribution >= 4 is 17.7 Å². The first-order valence-corrected chi connectivity index (χ1v) is 8.22. The largest absolute Gasteiger partial charge is 0.469 e. The van der Waals surface area contributed by atoms with Crippen LogP contribution >= 0.6 is 0 Å². The standard InChI is InChI=1S/C17H23N3O4/c1-11-14(6-7-24-11)17(23)19-8-12-4-5-13(9-19)20(16(12)22)10-15(21)18(2)3/h6-7,12-13H,4-5,8-10H2,1-3H3/t12-,13+/m1/s1. The molecule has 0 aliphatic carbocycles. The minimum atomic E-state index is -0.227. The molecule has 0 saturated carbocycles. The first kappa shape index (κ1) is 16.5. The fourth-order valence-corrected chi connectivity index (χ4v) is 3.48. The Morgan fingerprint density at radius 2 is 2.04 bits per heavy atom. The zero-order valence-corrected chi connectivity index (χ0v) is 14.3. The van der Waals surface area contributed by atoms with Gasteiger partial charge in [-0.15, -0.1) is 0 Å². The highest BCUT2D eigenvalue weighted by molar-refractivity contribution is 5.96. The van der Waals surface area contributed by atoms with Gasteiger partial charge < -0.3 is 19.1 Å². The van der Waals surface area contributed by atoms with E-state index in [1.165, 1.54) is 11.2 Å². The lowest BCUT2D eigenvalue weighted by Gasteiger charge is -2.35. The molecule has 130 valence electrons. The molecule has 0 unspecified atom stereocenters. The number of nitrogens with zero attached hydrogens (tertiary/aromatic N) is 3. The summed E-state index contributed by atoms with van der Waals surface area (Å²) in [6, 6.07) is 1.57. The Morgan fingerprint density at radius 3 is 2.67 bits per heavy atom. The second kappa shape index (κ2) is 6.30. The van der Waals surface area contributed by atoms with Gasteiger partial charge in [0, 0.05) is 33.2 Å². The number of carbonyl (C=O) groups is 3. The molecule has 0 spiro atoms. The maximum absolute atomic E-state index is 12.8. The van der Waals surface area contributed by atoms with Crippen molar-refractivity contribution in [3.8, 4) is 0 Å². The molecule has 2 bridgehead atoms. The fraction of sp³-hybridized carbons (Fsp3) is 0.588. The summed E-state index contributed by atoms with van der Waals surface area (Å²) in [5.41, 5.74) is 0.541. The van der Waals surface area contributed by atoms with Crippen LogP contribution in [0.4, 0.5) is 0 Å². The minimum absolute atomic E-state index is 0.0133. The normalized spacial score (nSPS) is 23.4. The highest BCUT2D eigenvalue weighted by atomic mass is 16.3. The lowest BCUT2D eigenvalue weighted by molar-refractivity contribution is -0.145. The third-order valence-corrected chi connectivity index (χ3v) is 4.97. The van der Waals surface area contributed by atoms with E-state index in [0.717, 1.165) is 12.8 Å². The summed E-state index contributed by atoms with van der Waals surface area (Å²) < 4.78 is 5.22. The van der Waals surface area contributed by atoms with Crippen LogP contribution in [0.25, 0.3) is 0 Å². The van der Waals surface area contributed by atoms with Crippen molar-refractivity contribution in [1.29, 1.82) is 0 Å². The Bertz CT molecular complexity index is 667. The highest BCUT2D eigenvalue weighted by Crippen LogP contribution is 2.30. The number of piperidine rings is 1. The van der Waals surface area contributed by atoms with Gasteiger partial charge in [0.15, 0.2) is 0 Å². The van der Waals surface area contributed by atoms with Gasteiger partial charge >= 0.3 is 0 Å². The molecule has 3 aliphatic rings. The van der Waals surface area contributed by atoms with Crippen LogP contribution in [0.2, 0.25) is 0 Å². The Morgan fingerprint density at radius 1 is 1.29 bits per heavy atom. The van der Waals surface area contributed by atoms with Gasteiger partial charge in [-0.1, -0.05) is 0 Å². The molecule has 0 N–H and O–H groups in total. The summed E-state index contributed by atoms with van der Waals surface area (Å²) in [6.45, 7) is 2.71. The molecule has 7 nitrogen and oxygen atoms in total. The maximum atomic E-state index is 12.8. The average molecular weight is 333 g/mol. The van der Waals surface area contributed by atoms with Crippen LogP contribution in [0.3, 0.4) is 0 Å². The second-order valence-corrected chi connectivity index (χ2v) is 6.78. The van der Waals surface area contributed by atoms with Crippen molar-refractivity contribution in [1.82, 2.24) is 14.7 Å². The summed E-state index contributed by atoms with van der Waals surface area (Å²) in [5, 5.41) is 0. The van der Waals surface area contributed by atoms with Crippen LogP contribution in [0.5, 0.6) is 0 Å². The molecule has 3 aliphatic heterocycles. The quantitative estimate of drug-likeness (QED) is 0.818. The van der Waals surface area contributed by atoms with Gasteiger partial charge in [0.25, 0.3) is 5.91 Å². The van der Waals surface area contributed by atoms with E-state index in [2.05, 4.69) is 0 Å². The van der Waals surface area contributed by atoms with Crippen molar-refractivity contribution in [3.63, 3.8) is 0 Å². The Hall–Kier alpha value is -2.31. The number of likely N-dealkylation sites (N-methyl/N-ethyl adjacent to an activating group) is 1. The van der Waals surface area contributed by atoms with Gasteiger partial charge in [-0.25, -0.2) is 0 Å². The van der Waals surface area contributed by atoms with E-state index in [9.17, 15) is 14.4 Å². The third kappa shape index (κ3) is 2.90. The molecule has 1 aromatic heterocycles. The molecular weight excluding hydrogens is 310 g/mol. The molecule has 4 rings (SSSR count). The van der Waals surface area contributed by atoms with Crippen molar-refractivity contribution < 1.29 is 18.8 Å². The van der Waals surface area contributed by atoms with Gasteiger partial charge in [0.05, 0.1) is 17.7 Å². The van der Waals surface area contributed by atoms with Crippen molar-refractivity contribution in [2.75, 3.05) is 33.7 Å². The predicted octanol–water partition coefficient (Wildman–Crippen LogP) is 0.739. The summed E-state index contributed by atoms with van der Waals surface area (Å²) in [4.78, 5) is 42.4. The third-order valence-electron chi connectivity index (χ3n) is 4.97. The van der Waals surface area contributed by atoms with Gasteiger partial charge in [-0.2, -0.15) is 0 Å². The molecule has 1 aromatic rings. The number of rotatable bonds is 3. The Balaban J connectivity index is 1.80. The van der Waals surface area contributed by atoms with Crippen molar-refractivity contribution in [2.24, 2.45) is 5.92 Å². The minimum Gasteiger partial charge on any atom is -0.469 e. The van der Waals surface area contributed by atoms with Crippen LogP contribution in [0.15, 0.2) is 16.7 Å². The predicted molar refractivity (Wildman–Crippen MR) is 86.3 cm³/mol. The number of hydrogen-bond donors (Lipinski definition) is 0. The van der Waals surface area contributed by atoms with Crippen LogP contribution in [0.1, 0.15) is 29.0 Å². The van der Waals surface area contributed by atoms with E-state index in [0.29, 0.717) is 24.4 Å². The average Bonchev–Trinajstić information content (AvgIpc) is 2.79. The summed E-state index contributed by atoms with van der Waals surface area (Å²) in [7, 11) is 3.36. The molecule has 3 amide bonds. The number of fused-ring (bicyclic) bond motifs is 4. The van der Waals surface area contributed by atoms with Gasteiger partial charge in [-0.05, 0) is 25.8 Å². The molecule has 3 fully saturated rings. The SMILES string of the molecule is Cc1occc1C(=O)N1C[C@H]2CC[C@@H](C1)N(CC(=O)N(C)C)C2=O. The van der Waals surface area contributed by atoms with Crippen LogP contribution in [0, 0.1) is 12.8 Å². The van der Waals surface area contributed by atoms with Crippen LogP contribution in [-0.4, -0.2) is 72.2 Å². The Kier molecular flexibility index (Phi) is 4.34. The molecule has 0 radical (unpaired) electrons. The Labute approximate surface area is 141 Å². The van der Waals surface area contributed by atoms with Gasteiger partial charge in [-0.3, -0.25) is 14.4 Å². The van der Waals surface area contributed by atoms with Crippen LogP contribution < -0.4 is 0 Å². The zero-order valence-electron chi connectivity index (χ0n) is 14.3. The monoisotopic (exact) mass is 333 g/mol. The number of hydrogen-bond acceptors (Lipinski definition) is 4.